The van der Waals surface area contributed by atoms with E-state index in [1.54, 1.807) is 7.11 Å². The van der Waals surface area contributed by atoms with Crippen molar-refractivity contribution in [3.8, 4) is 5.75 Å². The summed E-state index contributed by atoms with van der Waals surface area (Å²) < 4.78 is 5.28. The largest absolute Gasteiger partial charge is 0.495 e. The van der Waals surface area contributed by atoms with Crippen LogP contribution in [-0.4, -0.2) is 31.1 Å². The third-order valence-electron chi connectivity index (χ3n) is 4.48. The summed E-state index contributed by atoms with van der Waals surface area (Å²) in [5.74, 6) is 0.576. The highest BCUT2D eigenvalue weighted by atomic mass is 35.5. The average Bonchev–Trinajstić information content (AvgIpc) is 2.68. The Bertz CT molecular complexity index is 946. The van der Waals surface area contributed by atoms with Crippen molar-refractivity contribution in [1.82, 2.24) is 4.98 Å². The molecular weight excluding hydrogens is 362 g/mol. The van der Waals surface area contributed by atoms with Crippen molar-refractivity contribution in [3.63, 3.8) is 0 Å². The smallest absolute Gasteiger partial charge is 0.279 e. The lowest BCUT2D eigenvalue weighted by molar-refractivity contribution is -0.903. The van der Waals surface area contributed by atoms with Crippen LogP contribution in [-0.2, 0) is 11.3 Å². The van der Waals surface area contributed by atoms with E-state index in [0.717, 1.165) is 27.9 Å². The molecule has 2 aromatic carbocycles. The standard InChI is InChI=1S/C21H22ClN3O2/c1-3-25(14-20(26)23-18-10-6-7-11-19(18)27-2)13-16-12-15-8-4-5-9-17(15)24-21(16)22/h4-12H,3,13-14H2,1-2H3,(H,23,26)/p+1. The van der Waals surface area contributed by atoms with Crippen LogP contribution in [0.15, 0.2) is 54.6 Å². The number of quaternary nitrogens is 1. The molecule has 0 spiro atoms. The van der Waals surface area contributed by atoms with E-state index in [4.69, 9.17) is 16.3 Å². The summed E-state index contributed by atoms with van der Waals surface area (Å²) in [6, 6.07) is 17.3. The molecule has 5 nitrogen and oxygen atoms in total. The minimum atomic E-state index is -0.0683. The first kappa shape index (κ1) is 19.1. The molecule has 140 valence electrons. The number of halogens is 1. The fourth-order valence-electron chi connectivity index (χ4n) is 3.01. The van der Waals surface area contributed by atoms with Gasteiger partial charge in [0.1, 0.15) is 17.4 Å². The highest BCUT2D eigenvalue weighted by Gasteiger charge is 2.17. The maximum Gasteiger partial charge on any atom is 0.279 e. The monoisotopic (exact) mass is 384 g/mol. The van der Waals surface area contributed by atoms with Crippen LogP contribution in [0.5, 0.6) is 5.75 Å². The van der Waals surface area contributed by atoms with Gasteiger partial charge in [-0.1, -0.05) is 41.9 Å². The lowest BCUT2D eigenvalue weighted by Crippen LogP contribution is -3.11. The summed E-state index contributed by atoms with van der Waals surface area (Å²) in [6.45, 7) is 3.81. The van der Waals surface area contributed by atoms with Crippen LogP contribution in [0.25, 0.3) is 10.9 Å². The molecule has 0 saturated carbocycles. The number of fused-ring (bicyclic) bond motifs is 1. The van der Waals surface area contributed by atoms with E-state index < -0.39 is 0 Å². The molecule has 1 unspecified atom stereocenters. The Kier molecular flexibility index (Phi) is 6.27. The zero-order valence-corrected chi connectivity index (χ0v) is 16.2. The predicted octanol–water partition coefficient (Wildman–Crippen LogP) is 2.94. The molecule has 27 heavy (non-hydrogen) atoms. The first-order valence-corrected chi connectivity index (χ1v) is 9.29. The minimum absolute atomic E-state index is 0.0683. The number of benzene rings is 2. The van der Waals surface area contributed by atoms with Gasteiger partial charge < -0.3 is 15.0 Å². The second-order valence-electron chi connectivity index (χ2n) is 6.34. The summed E-state index contributed by atoms with van der Waals surface area (Å²) in [4.78, 5) is 18.1. The zero-order chi connectivity index (χ0) is 19.2. The number of carbonyl (C=O) groups is 1. The Hall–Kier alpha value is -2.63. The summed E-state index contributed by atoms with van der Waals surface area (Å²) in [7, 11) is 1.59. The Labute approximate surface area is 163 Å². The molecule has 0 aliphatic carbocycles. The molecule has 0 fully saturated rings. The number of carbonyl (C=O) groups excluding carboxylic acids is 1. The van der Waals surface area contributed by atoms with Gasteiger partial charge in [0.05, 0.1) is 24.9 Å². The molecule has 1 amide bonds. The second-order valence-corrected chi connectivity index (χ2v) is 6.69. The van der Waals surface area contributed by atoms with E-state index in [1.807, 2.05) is 55.5 Å². The normalized spacial score (nSPS) is 12.0. The van der Waals surface area contributed by atoms with Gasteiger partial charge in [-0.2, -0.15) is 0 Å². The van der Waals surface area contributed by atoms with Gasteiger partial charge in [0.25, 0.3) is 5.91 Å². The first-order valence-electron chi connectivity index (χ1n) is 8.91. The SMILES string of the molecule is CC[NH+](CC(=O)Nc1ccccc1OC)Cc1cc2ccccc2nc1Cl. The third-order valence-corrected chi connectivity index (χ3v) is 4.81. The van der Waals surface area contributed by atoms with Crippen molar-refractivity contribution >= 4 is 34.1 Å². The van der Waals surface area contributed by atoms with Crippen LogP contribution >= 0.6 is 11.6 Å². The molecule has 3 aromatic rings. The molecule has 1 atom stereocenters. The van der Waals surface area contributed by atoms with E-state index in [2.05, 4.69) is 16.4 Å². The summed E-state index contributed by atoms with van der Waals surface area (Å²) in [5, 5.41) is 4.46. The van der Waals surface area contributed by atoms with Gasteiger partial charge in [-0.25, -0.2) is 4.98 Å². The van der Waals surface area contributed by atoms with Crippen LogP contribution in [0, 0.1) is 0 Å². The molecule has 0 bridgehead atoms. The molecule has 3 rings (SSSR count). The van der Waals surface area contributed by atoms with Crippen molar-refractivity contribution in [2.45, 2.75) is 13.5 Å². The van der Waals surface area contributed by atoms with Crippen molar-refractivity contribution in [3.05, 3.63) is 65.3 Å². The fourth-order valence-corrected chi connectivity index (χ4v) is 3.22. The molecule has 0 aliphatic heterocycles. The second kappa shape index (κ2) is 8.84. The molecule has 0 radical (unpaired) electrons. The van der Waals surface area contributed by atoms with Gasteiger partial charge in [-0.3, -0.25) is 4.79 Å². The number of para-hydroxylation sites is 3. The number of rotatable bonds is 7. The van der Waals surface area contributed by atoms with Crippen molar-refractivity contribution in [1.29, 1.82) is 0 Å². The lowest BCUT2D eigenvalue weighted by atomic mass is 10.1. The maximum atomic E-state index is 12.5. The van der Waals surface area contributed by atoms with E-state index >= 15 is 0 Å². The molecule has 0 saturated heterocycles. The van der Waals surface area contributed by atoms with Crippen LogP contribution < -0.4 is 15.0 Å². The van der Waals surface area contributed by atoms with Crippen molar-refractivity contribution < 1.29 is 14.4 Å². The van der Waals surface area contributed by atoms with Gasteiger partial charge in [0.15, 0.2) is 6.54 Å². The Morgan fingerprint density at radius 3 is 2.70 bits per heavy atom. The highest BCUT2D eigenvalue weighted by Crippen LogP contribution is 2.22. The first-order chi connectivity index (χ1) is 13.1. The number of aromatic nitrogens is 1. The molecule has 2 N–H and O–H groups in total. The molecular formula is C21H23ClN3O2+. The van der Waals surface area contributed by atoms with Crippen molar-refractivity contribution in [2.75, 3.05) is 25.5 Å². The van der Waals surface area contributed by atoms with Gasteiger partial charge >= 0.3 is 0 Å². The number of pyridine rings is 1. The molecule has 1 aromatic heterocycles. The third kappa shape index (κ3) is 4.76. The van der Waals surface area contributed by atoms with Gasteiger partial charge in [0, 0.05) is 10.9 Å². The number of anilines is 1. The summed E-state index contributed by atoms with van der Waals surface area (Å²) >= 11 is 6.37. The average molecular weight is 385 g/mol. The van der Waals surface area contributed by atoms with E-state index in [9.17, 15) is 4.79 Å². The van der Waals surface area contributed by atoms with Crippen LogP contribution in [0.2, 0.25) is 5.15 Å². The fraction of sp³-hybridized carbons (Fsp3) is 0.238. The highest BCUT2D eigenvalue weighted by molar-refractivity contribution is 6.30. The Morgan fingerprint density at radius 1 is 1.19 bits per heavy atom. The van der Waals surface area contributed by atoms with Crippen LogP contribution in [0.3, 0.4) is 0 Å². The number of nitrogens with one attached hydrogen (secondary N) is 2. The maximum absolute atomic E-state index is 12.5. The number of likely N-dealkylation sites (N-methyl/N-ethyl adjacent to an activating group) is 1. The van der Waals surface area contributed by atoms with Crippen LogP contribution in [0.1, 0.15) is 12.5 Å². The topological polar surface area (TPSA) is 55.7 Å². The zero-order valence-electron chi connectivity index (χ0n) is 15.5. The summed E-state index contributed by atoms with van der Waals surface area (Å²) in [5.41, 5.74) is 2.49. The molecule has 0 aliphatic rings. The number of hydrogen-bond donors (Lipinski definition) is 2. The number of methoxy groups -OCH3 is 1. The summed E-state index contributed by atoms with van der Waals surface area (Å²) in [6.07, 6.45) is 0. The van der Waals surface area contributed by atoms with Gasteiger partial charge in [0.2, 0.25) is 0 Å². The van der Waals surface area contributed by atoms with Gasteiger partial charge in [-0.05, 0) is 31.2 Å². The van der Waals surface area contributed by atoms with Crippen molar-refractivity contribution in [2.24, 2.45) is 0 Å². The van der Waals surface area contributed by atoms with E-state index in [-0.39, 0.29) is 5.91 Å². The van der Waals surface area contributed by atoms with E-state index in [1.165, 1.54) is 0 Å². The number of ether oxygens (including phenoxy) is 1. The Balaban J connectivity index is 1.70. The molecule has 1 heterocycles. The lowest BCUT2D eigenvalue weighted by Gasteiger charge is -2.18. The quantitative estimate of drug-likeness (QED) is 0.616. The van der Waals surface area contributed by atoms with Crippen LogP contribution in [0.4, 0.5) is 5.69 Å². The minimum Gasteiger partial charge on any atom is -0.495 e. The number of amides is 1. The molecule has 6 heteroatoms. The number of nitrogens with zero attached hydrogens (tertiary/aromatic N) is 1. The number of hydrogen-bond acceptors (Lipinski definition) is 3. The van der Waals surface area contributed by atoms with Gasteiger partial charge in [-0.15, -0.1) is 0 Å². The van der Waals surface area contributed by atoms with E-state index in [0.29, 0.717) is 29.7 Å². The Morgan fingerprint density at radius 2 is 1.93 bits per heavy atom. The predicted molar refractivity (Wildman–Crippen MR) is 108 cm³/mol.